The topological polar surface area (TPSA) is 50.9 Å². The van der Waals surface area contributed by atoms with E-state index < -0.39 is 0 Å². The number of hydrogen-bond donors (Lipinski definition) is 2. The Morgan fingerprint density at radius 2 is 2.28 bits per heavy atom. The van der Waals surface area contributed by atoms with Crippen LogP contribution in [0.2, 0.25) is 0 Å². The number of rotatable bonds is 5. The number of hydrogen-bond acceptors (Lipinski definition) is 4. The SMILES string of the molecule is CCc1ccsc1CNc1ccc(C(N)=S)nc1. The molecule has 94 valence electrons. The third-order valence-electron chi connectivity index (χ3n) is 2.69. The lowest BCUT2D eigenvalue weighted by Gasteiger charge is -2.06. The van der Waals surface area contributed by atoms with Crippen LogP contribution in [0.15, 0.2) is 29.8 Å². The second-order valence-electron chi connectivity index (χ2n) is 3.87. The van der Waals surface area contributed by atoms with Crippen LogP contribution in [0.3, 0.4) is 0 Å². The van der Waals surface area contributed by atoms with E-state index >= 15 is 0 Å². The smallest absolute Gasteiger partial charge is 0.122 e. The van der Waals surface area contributed by atoms with Gasteiger partial charge in [-0.3, -0.25) is 4.98 Å². The zero-order valence-electron chi connectivity index (χ0n) is 10.1. The molecule has 5 heteroatoms. The summed E-state index contributed by atoms with van der Waals surface area (Å²) in [4.78, 5) is 5.89. The van der Waals surface area contributed by atoms with Crippen molar-refractivity contribution < 1.29 is 0 Å². The maximum atomic E-state index is 5.50. The van der Waals surface area contributed by atoms with E-state index in [-0.39, 0.29) is 0 Å². The lowest BCUT2D eigenvalue weighted by molar-refractivity contribution is 1.08. The summed E-state index contributed by atoms with van der Waals surface area (Å²) < 4.78 is 0. The number of aryl methyl sites for hydroxylation is 1. The number of nitrogens with two attached hydrogens (primary N) is 1. The van der Waals surface area contributed by atoms with E-state index in [9.17, 15) is 0 Å². The van der Waals surface area contributed by atoms with Crippen LogP contribution in [0.5, 0.6) is 0 Å². The van der Waals surface area contributed by atoms with E-state index in [1.807, 2.05) is 12.1 Å². The molecule has 0 aliphatic carbocycles. The second-order valence-corrected chi connectivity index (χ2v) is 5.31. The number of nitrogens with one attached hydrogen (secondary N) is 1. The lowest BCUT2D eigenvalue weighted by atomic mass is 10.2. The Morgan fingerprint density at radius 3 is 2.89 bits per heavy atom. The summed E-state index contributed by atoms with van der Waals surface area (Å²) in [5, 5.41) is 5.48. The lowest BCUT2D eigenvalue weighted by Crippen LogP contribution is -2.11. The van der Waals surface area contributed by atoms with E-state index in [0.717, 1.165) is 18.7 Å². The predicted molar refractivity (Wildman–Crippen MR) is 81.1 cm³/mol. The summed E-state index contributed by atoms with van der Waals surface area (Å²) in [6.07, 6.45) is 2.83. The van der Waals surface area contributed by atoms with Gasteiger partial charge in [0.25, 0.3) is 0 Å². The van der Waals surface area contributed by atoms with Gasteiger partial charge < -0.3 is 11.1 Å². The largest absolute Gasteiger partial charge is 0.388 e. The van der Waals surface area contributed by atoms with Gasteiger partial charge in [-0.1, -0.05) is 19.1 Å². The van der Waals surface area contributed by atoms with Crippen molar-refractivity contribution in [1.29, 1.82) is 0 Å². The summed E-state index contributed by atoms with van der Waals surface area (Å²) in [6, 6.07) is 5.95. The van der Waals surface area contributed by atoms with Gasteiger partial charge in [0.15, 0.2) is 0 Å². The third kappa shape index (κ3) is 3.05. The van der Waals surface area contributed by atoms with Gasteiger partial charge in [0.2, 0.25) is 0 Å². The van der Waals surface area contributed by atoms with Gasteiger partial charge in [-0.25, -0.2) is 0 Å². The number of thiocarbonyl (C=S) groups is 1. The summed E-state index contributed by atoms with van der Waals surface area (Å²) in [5.74, 6) is 0. The van der Waals surface area contributed by atoms with Crippen LogP contribution in [0, 0.1) is 0 Å². The van der Waals surface area contributed by atoms with Crippen LogP contribution >= 0.6 is 23.6 Å². The molecule has 18 heavy (non-hydrogen) atoms. The Labute approximate surface area is 116 Å². The van der Waals surface area contributed by atoms with Crippen LogP contribution < -0.4 is 11.1 Å². The highest BCUT2D eigenvalue weighted by Crippen LogP contribution is 2.19. The van der Waals surface area contributed by atoms with Crippen molar-refractivity contribution in [1.82, 2.24) is 4.98 Å². The Bertz CT molecular complexity index is 531. The number of aromatic nitrogens is 1. The van der Waals surface area contributed by atoms with Gasteiger partial charge in [0.05, 0.1) is 17.6 Å². The van der Waals surface area contributed by atoms with Crippen molar-refractivity contribution in [3.8, 4) is 0 Å². The van der Waals surface area contributed by atoms with E-state index in [1.165, 1.54) is 10.4 Å². The standard InChI is InChI=1S/C13H15N3S2/c1-2-9-5-6-18-12(9)8-15-10-3-4-11(13(14)17)16-7-10/h3-7,15H,2,8H2,1H3,(H2,14,17). The van der Waals surface area contributed by atoms with Crippen molar-refractivity contribution in [2.24, 2.45) is 5.73 Å². The fourth-order valence-corrected chi connectivity index (χ4v) is 2.70. The van der Waals surface area contributed by atoms with E-state index in [1.54, 1.807) is 17.5 Å². The molecule has 0 bridgehead atoms. The fraction of sp³-hybridized carbons (Fsp3) is 0.231. The fourth-order valence-electron chi connectivity index (χ4n) is 1.66. The molecule has 0 atom stereocenters. The molecule has 2 aromatic rings. The van der Waals surface area contributed by atoms with E-state index in [2.05, 4.69) is 28.7 Å². The maximum absolute atomic E-state index is 5.50. The molecule has 0 saturated carbocycles. The summed E-state index contributed by atoms with van der Waals surface area (Å²) in [5.41, 5.74) is 8.54. The molecular weight excluding hydrogens is 262 g/mol. The minimum absolute atomic E-state index is 0.327. The highest BCUT2D eigenvalue weighted by atomic mass is 32.1. The number of nitrogens with zero attached hydrogens (tertiary/aromatic N) is 1. The monoisotopic (exact) mass is 277 g/mol. The molecule has 0 unspecified atom stereocenters. The molecule has 0 aliphatic rings. The minimum atomic E-state index is 0.327. The van der Waals surface area contributed by atoms with Crippen molar-refractivity contribution >= 4 is 34.2 Å². The van der Waals surface area contributed by atoms with Gasteiger partial charge in [-0.05, 0) is 35.6 Å². The van der Waals surface area contributed by atoms with Crippen LogP contribution in [0.4, 0.5) is 5.69 Å². The van der Waals surface area contributed by atoms with Gasteiger partial charge in [0.1, 0.15) is 4.99 Å². The second kappa shape index (κ2) is 5.93. The van der Waals surface area contributed by atoms with Crippen LogP contribution in [0.25, 0.3) is 0 Å². The van der Waals surface area contributed by atoms with Crippen LogP contribution in [0.1, 0.15) is 23.1 Å². The van der Waals surface area contributed by atoms with Crippen molar-refractivity contribution in [2.75, 3.05) is 5.32 Å². The molecule has 0 fully saturated rings. The Balaban J connectivity index is 2.00. The summed E-state index contributed by atoms with van der Waals surface area (Å²) >= 11 is 6.64. The first-order valence-electron chi connectivity index (χ1n) is 5.75. The summed E-state index contributed by atoms with van der Waals surface area (Å²) in [7, 11) is 0. The molecule has 2 rings (SSSR count). The average Bonchev–Trinajstić information content (AvgIpc) is 2.84. The maximum Gasteiger partial charge on any atom is 0.122 e. The zero-order valence-corrected chi connectivity index (χ0v) is 11.8. The average molecular weight is 277 g/mol. The van der Waals surface area contributed by atoms with Gasteiger partial charge in [-0.15, -0.1) is 11.3 Å². The molecule has 3 nitrogen and oxygen atoms in total. The van der Waals surface area contributed by atoms with Crippen molar-refractivity contribution in [2.45, 2.75) is 19.9 Å². The third-order valence-corrected chi connectivity index (χ3v) is 3.86. The molecule has 0 saturated heterocycles. The minimum Gasteiger partial charge on any atom is -0.388 e. The summed E-state index contributed by atoms with van der Waals surface area (Å²) in [6.45, 7) is 3.00. The van der Waals surface area contributed by atoms with Gasteiger partial charge >= 0.3 is 0 Å². The van der Waals surface area contributed by atoms with Gasteiger partial charge in [0, 0.05) is 11.4 Å². The number of pyridine rings is 1. The van der Waals surface area contributed by atoms with Crippen LogP contribution in [-0.2, 0) is 13.0 Å². The first kappa shape index (κ1) is 13.0. The zero-order chi connectivity index (χ0) is 13.0. The molecule has 0 radical (unpaired) electrons. The Hall–Kier alpha value is -1.46. The molecule has 2 aromatic heterocycles. The molecule has 2 heterocycles. The van der Waals surface area contributed by atoms with E-state index in [0.29, 0.717) is 10.7 Å². The first-order chi connectivity index (χ1) is 8.70. The van der Waals surface area contributed by atoms with E-state index in [4.69, 9.17) is 18.0 Å². The Kier molecular flexibility index (Phi) is 4.28. The number of thiophene rings is 1. The van der Waals surface area contributed by atoms with Crippen molar-refractivity contribution in [3.63, 3.8) is 0 Å². The highest BCUT2D eigenvalue weighted by Gasteiger charge is 2.03. The first-order valence-corrected chi connectivity index (χ1v) is 7.04. The predicted octanol–water partition coefficient (Wildman–Crippen LogP) is 2.95. The van der Waals surface area contributed by atoms with Crippen molar-refractivity contribution in [3.05, 3.63) is 45.9 Å². The molecular formula is C13H15N3S2. The molecule has 0 aliphatic heterocycles. The molecule has 0 spiro atoms. The Morgan fingerprint density at radius 1 is 1.44 bits per heavy atom. The van der Waals surface area contributed by atoms with Crippen LogP contribution in [-0.4, -0.2) is 9.97 Å². The normalized spacial score (nSPS) is 10.3. The molecule has 0 amide bonds. The molecule has 3 N–H and O–H groups in total. The quantitative estimate of drug-likeness (QED) is 0.825. The highest BCUT2D eigenvalue weighted by molar-refractivity contribution is 7.80. The number of anilines is 1. The van der Waals surface area contributed by atoms with Gasteiger partial charge in [-0.2, -0.15) is 0 Å². The molecule has 0 aromatic carbocycles.